The van der Waals surface area contributed by atoms with Gasteiger partial charge in [-0.25, -0.2) is 0 Å². The average Bonchev–Trinajstić information content (AvgIpc) is 3.06. The van der Waals surface area contributed by atoms with Crippen molar-refractivity contribution in [3.63, 3.8) is 0 Å². The molecule has 2 atom stereocenters. The number of alkyl halides is 2. The molecule has 2 aromatic rings. The summed E-state index contributed by atoms with van der Waals surface area (Å²) >= 11 is 0. The van der Waals surface area contributed by atoms with Crippen molar-refractivity contribution in [1.29, 1.82) is 0 Å². The standard InChI is InChI=1S/C21H27F2N3O3/c1-12(2)26-18-10-15(20(28)24-13(3)11-27)7-8-17(18)19(25-26)14-5-4-6-16(9-14)29-21(22)23/h4-6,9,12-13,15,21,27H,7-8,10-11H2,1-3H3,(H,24,28). The van der Waals surface area contributed by atoms with E-state index in [1.54, 1.807) is 19.1 Å². The molecule has 158 valence electrons. The third kappa shape index (κ3) is 4.75. The first-order valence-corrected chi connectivity index (χ1v) is 9.86. The minimum atomic E-state index is -2.88. The van der Waals surface area contributed by atoms with Crippen LogP contribution in [0.25, 0.3) is 11.3 Å². The third-order valence-electron chi connectivity index (χ3n) is 5.16. The van der Waals surface area contributed by atoms with Crippen LogP contribution < -0.4 is 10.1 Å². The average molecular weight is 407 g/mol. The number of nitrogens with zero attached hydrogens (tertiary/aromatic N) is 2. The molecule has 1 amide bonds. The van der Waals surface area contributed by atoms with Crippen LogP contribution in [0.15, 0.2) is 24.3 Å². The summed E-state index contributed by atoms with van der Waals surface area (Å²) in [5, 5.41) is 16.8. The zero-order valence-electron chi connectivity index (χ0n) is 16.9. The van der Waals surface area contributed by atoms with Gasteiger partial charge in [-0.2, -0.15) is 13.9 Å². The number of nitrogens with one attached hydrogen (secondary N) is 1. The molecule has 0 bridgehead atoms. The molecule has 0 radical (unpaired) electrons. The number of halogens is 2. The van der Waals surface area contributed by atoms with E-state index in [0.29, 0.717) is 19.3 Å². The van der Waals surface area contributed by atoms with Gasteiger partial charge in [0.1, 0.15) is 5.75 Å². The van der Waals surface area contributed by atoms with Gasteiger partial charge in [0.15, 0.2) is 0 Å². The van der Waals surface area contributed by atoms with Gasteiger partial charge in [-0.3, -0.25) is 9.48 Å². The number of hydrogen-bond donors (Lipinski definition) is 2. The summed E-state index contributed by atoms with van der Waals surface area (Å²) < 4.78 is 31.6. The molecule has 1 heterocycles. The number of carbonyl (C=O) groups is 1. The second-order valence-electron chi connectivity index (χ2n) is 7.75. The van der Waals surface area contributed by atoms with Crippen LogP contribution >= 0.6 is 0 Å². The molecule has 6 nitrogen and oxygen atoms in total. The van der Waals surface area contributed by atoms with Gasteiger partial charge in [-0.15, -0.1) is 0 Å². The normalized spacial score (nSPS) is 17.3. The maximum atomic E-state index is 12.6. The predicted octanol–water partition coefficient (Wildman–Crippen LogP) is 3.33. The number of benzene rings is 1. The molecule has 2 N–H and O–H groups in total. The van der Waals surface area contributed by atoms with Gasteiger partial charge in [0.2, 0.25) is 5.91 Å². The van der Waals surface area contributed by atoms with E-state index >= 15 is 0 Å². The Morgan fingerprint density at radius 3 is 2.79 bits per heavy atom. The van der Waals surface area contributed by atoms with E-state index in [1.165, 1.54) is 6.07 Å². The molecule has 29 heavy (non-hydrogen) atoms. The van der Waals surface area contributed by atoms with E-state index < -0.39 is 6.61 Å². The first-order valence-electron chi connectivity index (χ1n) is 9.86. The lowest BCUT2D eigenvalue weighted by molar-refractivity contribution is -0.126. The van der Waals surface area contributed by atoms with Crippen molar-refractivity contribution in [1.82, 2.24) is 15.1 Å². The first kappa shape index (κ1) is 21.2. The molecular formula is C21H27F2N3O3. The van der Waals surface area contributed by atoms with Crippen LogP contribution in [-0.2, 0) is 17.6 Å². The van der Waals surface area contributed by atoms with Gasteiger partial charge in [0.25, 0.3) is 0 Å². The molecule has 3 rings (SSSR count). The molecule has 0 saturated heterocycles. The quantitative estimate of drug-likeness (QED) is 0.738. The van der Waals surface area contributed by atoms with Crippen molar-refractivity contribution in [2.45, 2.75) is 58.7 Å². The first-order chi connectivity index (χ1) is 13.8. The molecule has 2 unspecified atom stereocenters. The molecule has 8 heteroatoms. The summed E-state index contributed by atoms with van der Waals surface area (Å²) in [4.78, 5) is 12.5. The van der Waals surface area contributed by atoms with E-state index in [1.807, 2.05) is 24.6 Å². The van der Waals surface area contributed by atoms with E-state index in [0.717, 1.165) is 22.5 Å². The van der Waals surface area contributed by atoms with Crippen molar-refractivity contribution < 1.29 is 23.4 Å². The van der Waals surface area contributed by atoms with Gasteiger partial charge in [0, 0.05) is 41.2 Å². The fraction of sp³-hybridized carbons (Fsp3) is 0.524. The minimum absolute atomic E-state index is 0.0670. The largest absolute Gasteiger partial charge is 0.435 e. The zero-order chi connectivity index (χ0) is 21.1. The Kier molecular flexibility index (Phi) is 6.52. The molecule has 0 saturated carbocycles. The van der Waals surface area contributed by atoms with Gasteiger partial charge in [0.05, 0.1) is 12.3 Å². The van der Waals surface area contributed by atoms with Crippen molar-refractivity contribution >= 4 is 5.91 Å². The second kappa shape index (κ2) is 8.90. The summed E-state index contributed by atoms with van der Waals surface area (Å²) in [6.07, 6.45) is 1.89. The van der Waals surface area contributed by atoms with E-state index in [4.69, 9.17) is 5.10 Å². The van der Waals surface area contributed by atoms with E-state index in [2.05, 4.69) is 10.1 Å². The number of rotatable bonds is 7. The highest BCUT2D eigenvalue weighted by molar-refractivity contribution is 5.80. The molecule has 1 aromatic carbocycles. The zero-order valence-corrected chi connectivity index (χ0v) is 16.9. The highest BCUT2D eigenvalue weighted by Gasteiger charge is 2.31. The van der Waals surface area contributed by atoms with Crippen molar-refractivity contribution in [2.24, 2.45) is 5.92 Å². The maximum absolute atomic E-state index is 12.6. The van der Waals surface area contributed by atoms with Crippen LogP contribution in [0.1, 0.15) is 44.5 Å². The Morgan fingerprint density at radius 1 is 1.38 bits per heavy atom. The molecule has 1 aromatic heterocycles. The number of aliphatic hydroxyl groups excluding tert-OH is 1. The fourth-order valence-electron chi connectivity index (χ4n) is 3.75. The predicted molar refractivity (Wildman–Crippen MR) is 105 cm³/mol. The highest BCUT2D eigenvalue weighted by Crippen LogP contribution is 2.36. The number of amides is 1. The number of ether oxygens (including phenoxy) is 1. The molecule has 0 spiro atoms. The summed E-state index contributed by atoms with van der Waals surface area (Å²) in [5.41, 5.74) is 3.51. The Balaban J connectivity index is 1.92. The molecule has 0 fully saturated rings. The smallest absolute Gasteiger partial charge is 0.387 e. The Bertz CT molecular complexity index is 867. The van der Waals surface area contributed by atoms with E-state index in [-0.39, 0.29) is 36.3 Å². The lowest BCUT2D eigenvalue weighted by atomic mass is 9.85. The molecular weight excluding hydrogens is 380 g/mol. The summed E-state index contributed by atoms with van der Waals surface area (Å²) in [7, 11) is 0. The Labute approximate surface area is 168 Å². The van der Waals surface area contributed by atoms with Crippen LogP contribution in [-0.4, -0.2) is 40.1 Å². The molecule has 1 aliphatic rings. The van der Waals surface area contributed by atoms with Gasteiger partial charge in [-0.1, -0.05) is 12.1 Å². The van der Waals surface area contributed by atoms with Gasteiger partial charge >= 0.3 is 6.61 Å². The van der Waals surface area contributed by atoms with Gasteiger partial charge < -0.3 is 15.2 Å². The SMILES string of the molecule is CC(CO)NC(=O)C1CCc2c(-c3cccc(OC(F)F)c3)nn(C(C)C)c2C1. The molecule has 0 aliphatic heterocycles. The van der Waals surface area contributed by atoms with Crippen molar-refractivity contribution in [3.05, 3.63) is 35.5 Å². The van der Waals surface area contributed by atoms with Crippen LogP contribution in [0.3, 0.4) is 0 Å². The second-order valence-corrected chi connectivity index (χ2v) is 7.75. The Hall–Kier alpha value is -2.48. The topological polar surface area (TPSA) is 76.4 Å². The number of carbonyl (C=O) groups excluding carboxylic acids is 1. The summed E-state index contributed by atoms with van der Waals surface area (Å²) in [5.74, 6) is -0.161. The number of aliphatic hydroxyl groups is 1. The highest BCUT2D eigenvalue weighted by atomic mass is 19.3. The van der Waals surface area contributed by atoms with Crippen molar-refractivity contribution in [3.8, 4) is 17.0 Å². The number of hydrogen-bond acceptors (Lipinski definition) is 4. The van der Waals surface area contributed by atoms with E-state index in [9.17, 15) is 18.7 Å². The third-order valence-corrected chi connectivity index (χ3v) is 5.16. The van der Waals surface area contributed by atoms with Crippen LogP contribution in [0.5, 0.6) is 5.75 Å². The lowest BCUT2D eigenvalue weighted by Gasteiger charge is -2.25. The molecule has 1 aliphatic carbocycles. The number of fused-ring (bicyclic) bond motifs is 1. The summed E-state index contributed by atoms with van der Waals surface area (Å²) in [6.45, 7) is 2.81. The van der Waals surface area contributed by atoms with Crippen molar-refractivity contribution in [2.75, 3.05) is 6.61 Å². The summed E-state index contributed by atoms with van der Waals surface area (Å²) in [6, 6.07) is 6.37. The maximum Gasteiger partial charge on any atom is 0.387 e. The van der Waals surface area contributed by atoms with Crippen LogP contribution in [0.2, 0.25) is 0 Å². The minimum Gasteiger partial charge on any atom is -0.435 e. The van der Waals surface area contributed by atoms with Gasteiger partial charge in [-0.05, 0) is 45.7 Å². The number of aromatic nitrogens is 2. The monoisotopic (exact) mass is 407 g/mol. The fourth-order valence-corrected chi connectivity index (χ4v) is 3.75. The van der Waals surface area contributed by atoms with Crippen LogP contribution in [0, 0.1) is 5.92 Å². The Morgan fingerprint density at radius 2 is 2.14 bits per heavy atom. The lowest BCUT2D eigenvalue weighted by Crippen LogP contribution is -2.41. The van der Waals surface area contributed by atoms with Crippen LogP contribution in [0.4, 0.5) is 8.78 Å².